The van der Waals surface area contributed by atoms with Crippen molar-refractivity contribution >= 4 is 11.9 Å². The summed E-state index contributed by atoms with van der Waals surface area (Å²) in [5, 5.41) is 0. The second-order valence-corrected chi connectivity index (χ2v) is 13.4. The van der Waals surface area contributed by atoms with E-state index in [9.17, 15) is 9.59 Å². The van der Waals surface area contributed by atoms with Crippen LogP contribution in [0.1, 0.15) is 54.8 Å². The molecular formula is C48H34O4. The molecule has 7 aromatic carbocycles. The summed E-state index contributed by atoms with van der Waals surface area (Å²) in [5.41, 5.74) is 11.7. The summed E-state index contributed by atoms with van der Waals surface area (Å²) in [5.74, 6) is -1.71. The Morgan fingerprint density at radius 2 is 0.712 bits per heavy atom. The zero-order chi connectivity index (χ0) is 35.0. The minimum absolute atomic E-state index is 0.395. The molecule has 0 radical (unpaired) electrons. The molecule has 0 saturated heterocycles. The van der Waals surface area contributed by atoms with Gasteiger partial charge in [-0.3, -0.25) is 0 Å². The Kier molecular flexibility index (Phi) is 8.05. The molecule has 4 heteroatoms. The summed E-state index contributed by atoms with van der Waals surface area (Å²) in [6, 6.07) is 60.3. The Bertz CT molecular complexity index is 2390. The number of hydrogen-bond acceptors (Lipinski definition) is 4. The second-order valence-electron chi connectivity index (χ2n) is 13.4. The first kappa shape index (κ1) is 31.5. The van der Waals surface area contributed by atoms with E-state index in [0.29, 0.717) is 11.1 Å². The summed E-state index contributed by atoms with van der Waals surface area (Å²) < 4.78 is 13.1. The Labute approximate surface area is 303 Å². The van der Waals surface area contributed by atoms with Crippen LogP contribution in [0.5, 0.6) is 0 Å². The highest BCUT2D eigenvalue weighted by atomic mass is 16.6. The Morgan fingerprint density at radius 1 is 0.346 bits per heavy atom. The van der Waals surface area contributed by atoms with E-state index in [1.165, 1.54) is 0 Å². The van der Waals surface area contributed by atoms with Gasteiger partial charge in [-0.05, 0) is 92.0 Å². The highest BCUT2D eigenvalue weighted by Gasteiger charge is 2.54. The van der Waals surface area contributed by atoms with Crippen molar-refractivity contribution in [2.24, 2.45) is 0 Å². The third kappa shape index (κ3) is 5.59. The molecule has 4 nitrogen and oxygen atoms in total. The average molecular weight is 675 g/mol. The van der Waals surface area contributed by atoms with Gasteiger partial charge in [0.1, 0.15) is 0 Å². The van der Waals surface area contributed by atoms with E-state index in [1.54, 1.807) is 24.3 Å². The molecule has 0 heterocycles. The predicted molar refractivity (Wildman–Crippen MR) is 204 cm³/mol. The van der Waals surface area contributed by atoms with Gasteiger partial charge in [-0.15, -0.1) is 0 Å². The Balaban J connectivity index is 1.28. The molecule has 0 unspecified atom stereocenters. The topological polar surface area (TPSA) is 52.6 Å². The van der Waals surface area contributed by atoms with Crippen LogP contribution in [-0.2, 0) is 9.47 Å². The molecule has 0 aliphatic heterocycles. The van der Waals surface area contributed by atoms with Gasteiger partial charge in [0.25, 0.3) is 0 Å². The molecule has 0 spiro atoms. The maximum absolute atomic E-state index is 14.0. The zero-order valence-electron chi connectivity index (χ0n) is 28.3. The molecule has 0 fully saturated rings. The number of esters is 2. The van der Waals surface area contributed by atoms with Crippen molar-refractivity contribution in [1.29, 1.82) is 0 Å². The normalized spacial score (nSPS) is 18.2. The van der Waals surface area contributed by atoms with Crippen LogP contribution < -0.4 is 0 Å². The standard InChI is InChI=1S/C48H34O4/c49-47(34-22-12-4-13-23-34)51-45-43-37-27-26-36(31-16-6-1-7-17-31)28-40(37)44(46(45)52-48(50)35-24-14-5-15-25-35)42-30-39(33-20-10-3-11-21-33)38(29-41(42)43)32-18-8-2-9-19-32/h1-30,43-46H/t43-,44-,45+,46-/m0/s1. The van der Waals surface area contributed by atoms with E-state index in [-0.39, 0.29) is 0 Å². The van der Waals surface area contributed by atoms with Gasteiger partial charge in [-0.25, -0.2) is 9.59 Å². The van der Waals surface area contributed by atoms with Crippen molar-refractivity contribution in [2.45, 2.75) is 24.0 Å². The summed E-state index contributed by atoms with van der Waals surface area (Å²) in [6.45, 7) is 0. The van der Waals surface area contributed by atoms with Crippen LogP contribution in [0.25, 0.3) is 33.4 Å². The fourth-order valence-corrected chi connectivity index (χ4v) is 8.05. The lowest BCUT2D eigenvalue weighted by Crippen LogP contribution is -2.51. The molecule has 7 aromatic rings. The lowest BCUT2D eigenvalue weighted by Gasteiger charge is -2.49. The molecule has 4 atom stereocenters. The molecule has 52 heavy (non-hydrogen) atoms. The van der Waals surface area contributed by atoms with Crippen molar-refractivity contribution in [1.82, 2.24) is 0 Å². The van der Waals surface area contributed by atoms with E-state index < -0.39 is 36.0 Å². The van der Waals surface area contributed by atoms with Crippen molar-refractivity contribution in [2.75, 3.05) is 0 Å². The average Bonchev–Trinajstić information content (AvgIpc) is 3.22. The highest BCUT2D eigenvalue weighted by Crippen LogP contribution is 2.57. The minimum Gasteiger partial charge on any atom is -0.454 e. The van der Waals surface area contributed by atoms with Crippen LogP contribution >= 0.6 is 0 Å². The number of fused-ring (bicyclic) bond motifs is 1. The van der Waals surface area contributed by atoms with Crippen LogP contribution in [0, 0.1) is 0 Å². The van der Waals surface area contributed by atoms with Crippen LogP contribution in [0.15, 0.2) is 182 Å². The maximum atomic E-state index is 14.0. The molecule has 3 aliphatic rings. The predicted octanol–water partition coefficient (Wildman–Crippen LogP) is 10.7. The lowest BCUT2D eigenvalue weighted by atomic mass is 9.59. The third-order valence-corrected chi connectivity index (χ3v) is 10.4. The molecule has 0 saturated carbocycles. The molecule has 250 valence electrons. The number of carbonyl (C=O) groups is 2. The smallest absolute Gasteiger partial charge is 0.338 e. The van der Waals surface area contributed by atoms with Gasteiger partial charge < -0.3 is 9.47 Å². The number of ether oxygens (including phenoxy) is 2. The first-order valence-electron chi connectivity index (χ1n) is 17.6. The SMILES string of the molecule is O=C(O[C@@H]1[C@H]2c3ccc(-c4ccccc4)cc3[C@@H](c3cc(-c4ccccc4)c(-c4ccccc4)cc32)[C@@H]1OC(=O)c1ccccc1)c1ccccc1. The van der Waals surface area contributed by atoms with Crippen LogP contribution in [-0.4, -0.2) is 24.1 Å². The number of hydrogen-bond donors (Lipinski definition) is 0. The van der Waals surface area contributed by atoms with Gasteiger partial charge in [0.2, 0.25) is 0 Å². The quantitative estimate of drug-likeness (QED) is 0.158. The number of benzene rings is 7. The number of carbonyl (C=O) groups excluding carboxylic acids is 2. The van der Waals surface area contributed by atoms with Crippen molar-refractivity contribution < 1.29 is 19.1 Å². The largest absolute Gasteiger partial charge is 0.454 e. The van der Waals surface area contributed by atoms with E-state index in [0.717, 1.165) is 55.6 Å². The summed E-state index contributed by atoms with van der Waals surface area (Å²) in [4.78, 5) is 27.9. The monoisotopic (exact) mass is 674 g/mol. The number of rotatable bonds is 7. The molecule has 0 amide bonds. The van der Waals surface area contributed by atoms with Crippen molar-refractivity contribution in [3.05, 3.63) is 215 Å². The van der Waals surface area contributed by atoms with E-state index in [1.807, 2.05) is 66.7 Å². The van der Waals surface area contributed by atoms with Gasteiger partial charge in [0.15, 0.2) is 12.2 Å². The molecule has 0 aromatic heterocycles. The Hall–Kier alpha value is -6.52. The lowest BCUT2D eigenvalue weighted by molar-refractivity contribution is -0.0557. The van der Waals surface area contributed by atoms with Crippen LogP contribution in [0.3, 0.4) is 0 Å². The first-order chi connectivity index (χ1) is 25.6. The van der Waals surface area contributed by atoms with Gasteiger partial charge in [0.05, 0.1) is 23.0 Å². The van der Waals surface area contributed by atoms with E-state index in [2.05, 4.69) is 91.0 Å². The summed E-state index contributed by atoms with van der Waals surface area (Å²) >= 11 is 0. The van der Waals surface area contributed by atoms with Crippen molar-refractivity contribution in [3.8, 4) is 33.4 Å². The van der Waals surface area contributed by atoms with Gasteiger partial charge in [-0.2, -0.15) is 0 Å². The molecule has 3 aliphatic carbocycles. The zero-order valence-corrected chi connectivity index (χ0v) is 28.3. The van der Waals surface area contributed by atoms with Crippen molar-refractivity contribution in [3.63, 3.8) is 0 Å². The van der Waals surface area contributed by atoms with Gasteiger partial charge >= 0.3 is 11.9 Å². The molecule has 10 rings (SSSR count). The van der Waals surface area contributed by atoms with Crippen LogP contribution in [0.4, 0.5) is 0 Å². The van der Waals surface area contributed by atoms with E-state index >= 15 is 0 Å². The maximum Gasteiger partial charge on any atom is 0.338 e. The van der Waals surface area contributed by atoms with E-state index in [4.69, 9.17) is 9.47 Å². The molecule has 0 N–H and O–H groups in total. The van der Waals surface area contributed by atoms with Crippen LogP contribution in [0.2, 0.25) is 0 Å². The summed E-state index contributed by atoms with van der Waals surface area (Å²) in [7, 11) is 0. The first-order valence-corrected chi connectivity index (χ1v) is 17.6. The fraction of sp³-hybridized carbons (Fsp3) is 0.0833. The van der Waals surface area contributed by atoms with Gasteiger partial charge in [-0.1, -0.05) is 146 Å². The second kappa shape index (κ2) is 13.3. The minimum atomic E-state index is -0.789. The van der Waals surface area contributed by atoms with Gasteiger partial charge in [0, 0.05) is 0 Å². The Morgan fingerprint density at radius 3 is 1.15 bits per heavy atom. The summed E-state index contributed by atoms with van der Waals surface area (Å²) in [6.07, 6.45) is -1.57. The highest BCUT2D eigenvalue weighted by molar-refractivity contribution is 5.91. The molecule has 2 bridgehead atoms. The molecular weight excluding hydrogens is 641 g/mol. The fourth-order valence-electron chi connectivity index (χ4n) is 8.05. The third-order valence-electron chi connectivity index (χ3n) is 10.4.